The van der Waals surface area contributed by atoms with E-state index >= 15 is 0 Å². The number of benzene rings is 2. The standard InChI is InChI=1S/C17H17NO2S/c18-16(10-21)17(19)20-9-15-13-7-3-1-5-11(13)12-6-2-4-8-14(12)15/h1-8,15-16,21H,9-10,18H2/t16-/m0/s1. The Hall–Kier alpha value is -1.78. The third-order valence-electron chi connectivity index (χ3n) is 3.85. The summed E-state index contributed by atoms with van der Waals surface area (Å²) in [7, 11) is 0. The van der Waals surface area contributed by atoms with Crippen LogP contribution in [0.3, 0.4) is 0 Å². The predicted molar refractivity (Wildman–Crippen MR) is 86.5 cm³/mol. The number of fused-ring (bicyclic) bond motifs is 3. The normalized spacial score (nSPS) is 14.4. The van der Waals surface area contributed by atoms with E-state index in [-0.39, 0.29) is 11.7 Å². The van der Waals surface area contributed by atoms with Crippen LogP contribution in [0.15, 0.2) is 48.5 Å². The van der Waals surface area contributed by atoms with Crippen molar-refractivity contribution in [2.24, 2.45) is 5.73 Å². The van der Waals surface area contributed by atoms with E-state index in [2.05, 4.69) is 36.9 Å². The van der Waals surface area contributed by atoms with E-state index < -0.39 is 12.0 Å². The lowest BCUT2D eigenvalue weighted by Gasteiger charge is -2.15. The van der Waals surface area contributed by atoms with Crippen molar-refractivity contribution in [2.45, 2.75) is 12.0 Å². The lowest BCUT2D eigenvalue weighted by Crippen LogP contribution is -2.34. The third-order valence-corrected chi connectivity index (χ3v) is 4.25. The highest BCUT2D eigenvalue weighted by atomic mass is 32.1. The van der Waals surface area contributed by atoms with Crippen LogP contribution in [-0.2, 0) is 9.53 Å². The van der Waals surface area contributed by atoms with Crippen LogP contribution in [0.25, 0.3) is 11.1 Å². The molecule has 3 nitrogen and oxygen atoms in total. The van der Waals surface area contributed by atoms with Crippen LogP contribution in [0.5, 0.6) is 0 Å². The maximum Gasteiger partial charge on any atom is 0.323 e. The fourth-order valence-electron chi connectivity index (χ4n) is 2.79. The van der Waals surface area contributed by atoms with Gasteiger partial charge in [0, 0.05) is 11.7 Å². The van der Waals surface area contributed by atoms with Gasteiger partial charge in [-0.2, -0.15) is 12.6 Å². The number of hydrogen-bond acceptors (Lipinski definition) is 4. The molecule has 2 aromatic carbocycles. The molecule has 1 aliphatic carbocycles. The summed E-state index contributed by atoms with van der Waals surface area (Å²) in [4.78, 5) is 11.8. The van der Waals surface area contributed by atoms with Crippen molar-refractivity contribution in [2.75, 3.05) is 12.4 Å². The zero-order valence-corrected chi connectivity index (χ0v) is 12.4. The van der Waals surface area contributed by atoms with Gasteiger partial charge in [-0.25, -0.2) is 0 Å². The molecule has 2 N–H and O–H groups in total. The summed E-state index contributed by atoms with van der Waals surface area (Å²) in [5.74, 6) is -0.0308. The van der Waals surface area contributed by atoms with Crippen LogP contribution in [0, 0.1) is 0 Å². The van der Waals surface area contributed by atoms with Gasteiger partial charge < -0.3 is 10.5 Å². The number of thiol groups is 1. The number of carbonyl (C=O) groups is 1. The highest BCUT2D eigenvalue weighted by Gasteiger charge is 2.29. The molecular formula is C17H17NO2S. The highest BCUT2D eigenvalue weighted by molar-refractivity contribution is 7.80. The summed E-state index contributed by atoms with van der Waals surface area (Å²) in [5.41, 5.74) is 10.5. The zero-order valence-electron chi connectivity index (χ0n) is 11.5. The van der Waals surface area contributed by atoms with Gasteiger partial charge in [-0.05, 0) is 22.3 Å². The van der Waals surface area contributed by atoms with Gasteiger partial charge in [-0.15, -0.1) is 0 Å². The Balaban J connectivity index is 1.87. The minimum Gasteiger partial charge on any atom is -0.463 e. The number of hydrogen-bond donors (Lipinski definition) is 2. The predicted octanol–water partition coefficient (Wildman–Crippen LogP) is 2.60. The van der Waals surface area contributed by atoms with Crippen LogP contribution >= 0.6 is 12.6 Å². The molecule has 0 bridgehead atoms. The van der Waals surface area contributed by atoms with Crippen molar-refractivity contribution in [1.29, 1.82) is 0 Å². The van der Waals surface area contributed by atoms with Crippen molar-refractivity contribution in [3.63, 3.8) is 0 Å². The summed E-state index contributed by atoms with van der Waals surface area (Å²) in [6.45, 7) is 0.314. The van der Waals surface area contributed by atoms with Crippen LogP contribution in [0.2, 0.25) is 0 Å². The Labute approximate surface area is 129 Å². The van der Waals surface area contributed by atoms with Gasteiger partial charge in [0.1, 0.15) is 12.6 Å². The quantitative estimate of drug-likeness (QED) is 0.674. The van der Waals surface area contributed by atoms with Crippen LogP contribution in [0.4, 0.5) is 0 Å². The van der Waals surface area contributed by atoms with E-state index in [0.717, 1.165) is 0 Å². The largest absolute Gasteiger partial charge is 0.463 e. The average Bonchev–Trinajstić information content (AvgIpc) is 2.86. The molecule has 0 unspecified atom stereocenters. The molecule has 0 fully saturated rings. The van der Waals surface area contributed by atoms with Gasteiger partial charge in [0.05, 0.1) is 0 Å². The van der Waals surface area contributed by atoms with E-state index in [4.69, 9.17) is 10.5 Å². The van der Waals surface area contributed by atoms with Crippen molar-refractivity contribution in [3.05, 3.63) is 59.7 Å². The highest BCUT2D eigenvalue weighted by Crippen LogP contribution is 2.44. The smallest absolute Gasteiger partial charge is 0.323 e. The monoisotopic (exact) mass is 299 g/mol. The van der Waals surface area contributed by atoms with E-state index in [0.29, 0.717) is 6.61 Å². The molecule has 0 saturated carbocycles. The summed E-state index contributed by atoms with van der Waals surface area (Å²) in [6, 6.07) is 15.8. The van der Waals surface area contributed by atoms with Gasteiger partial charge in [0.25, 0.3) is 0 Å². The van der Waals surface area contributed by atoms with Crippen molar-refractivity contribution >= 4 is 18.6 Å². The van der Waals surface area contributed by atoms with Crippen molar-refractivity contribution in [1.82, 2.24) is 0 Å². The maximum absolute atomic E-state index is 11.8. The molecule has 108 valence electrons. The Bertz CT molecular complexity index is 626. The molecule has 0 aromatic heterocycles. The first-order chi connectivity index (χ1) is 10.2. The number of esters is 1. The lowest BCUT2D eigenvalue weighted by atomic mass is 9.98. The van der Waals surface area contributed by atoms with Crippen molar-refractivity contribution < 1.29 is 9.53 Å². The molecular weight excluding hydrogens is 282 g/mol. The molecule has 2 aromatic rings. The first-order valence-corrected chi connectivity index (χ1v) is 7.57. The van der Waals surface area contributed by atoms with Crippen molar-refractivity contribution in [3.8, 4) is 11.1 Å². The number of rotatable bonds is 4. The fourth-order valence-corrected chi connectivity index (χ4v) is 2.94. The number of ether oxygens (including phenoxy) is 1. The summed E-state index contributed by atoms with van der Waals surface area (Å²) in [6.07, 6.45) is 0. The molecule has 0 aliphatic heterocycles. The first-order valence-electron chi connectivity index (χ1n) is 6.93. The molecule has 21 heavy (non-hydrogen) atoms. The van der Waals surface area contributed by atoms with Gasteiger partial charge in [-0.3, -0.25) is 4.79 Å². The topological polar surface area (TPSA) is 52.3 Å². The van der Waals surface area contributed by atoms with E-state index in [1.807, 2.05) is 24.3 Å². The van der Waals surface area contributed by atoms with Gasteiger partial charge in [0.2, 0.25) is 0 Å². The molecule has 0 amide bonds. The number of carbonyl (C=O) groups excluding carboxylic acids is 1. The second kappa shape index (κ2) is 5.92. The molecule has 3 rings (SSSR count). The Morgan fingerprint density at radius 3 is 2.14 bits per heavy atom. The molecule has 1 atom stereocenters. The summed E-state index contributed by atoms with van der Waals surface area (Å²) in [5, 5.41) is 0. The zero-order chi connectivity index (χ0) is 14.8. The van der Waals surface area contributed by atoms with E-state index in [1.54, 1.807) is 0 Å². The lowest BCUT2D eigenvalue weighted by molar-refractivity contribution is -0.144. The second-order valence-electron chi connectivity index (χ2n) is 5.15. The van der Waals surface area contributed by atoms with Gasteiger partial charge >= 0.3 is 5.97 Å². The van der Waals surface area contributed by atoms with Gasteiger partial charge in [-0.1, -0.05) is 48.5 Å². The number of nitrogens with two attached hydrogens (primary N) is 1. The van der Waals surface area contributed by atoms with Gasteiger partial charge in [0.15, 0.2) is 0 Å². The Morgan fingerprint density at radius 1 is 1.10 bits per heavy atom. The fraction of sp³-hybridized carbons (Fsp3) is 0.235. The molecule has 0 radical (unpaired) electrons. The minimum absolute atomic E-state index is 0.0773. The van der Waals surface area contributed by atoms with Crippen LogP contribution in [0.1, 0.15) is 17.0 Å². The average molecular weight is 299 g/mol. The Kier molecular flexibility index (Phi) is 3.99. The van der Waals surface area contributed by atoms with E-state index in [1.165, 1.54) is 22.3 Å². The third kappa shape index (κ3) is 2.57. The SMILES string of the molecule is N[C@@H](CS)C(=O)OCC1c2ccccc2-c2ccccc21. The molecule has 0 saturated heterocycles. The summed E-state index contributed by atoms with van der Waals surface area (Å²) < 4.78 is 5.38. The molecule has 0 heterocycles. The molecule has 1 aliphatic rings. The second-order valence-corrected chi connectivity index (χ2v) is 5.51. The maximum atomic E-state index is 11.8. The first kappa shape index (κ1) is 14.2. The Morgan fingerprint density at radius 2 is 1.62 bits per heavy atom. The van der Waals surface area contributed by atoms with E-state index in [9.17, 15) is 4.79 Å². The minimum atomic E-state index is -0.666. The molecule has 0 spiro atoms. The molecule has 4 heteroatoms. The summed E-state index contributed by atoms with van der Waals surface area (Å²) >= 11 is 4.02. The van der Waals surface area contributed by atoms with Crippen LogP contribution < -0.4 is 5.73 Å². The van der Waals surface area contributed by atoms with Crippen LogP contribution in [-0.4, -0.2) is 24.4 Å².